The molecule has 0 spiro atoms. The molecule has 29 heavy (non-hydrogen) atoms. The fourth-order valence-corrected chi connectivity index (χ4v) is 3.69. The van der Waals surface area contributed by atoms with Crippen LogP contribution in [0.25, 0.3) is 0 Å². The van der Waals surface area contributed by atoms with Gasteiger partial charge in [0.05, 0.1) is 31.6 Å². The first kappa shape index (κ1) is 21.7. The van der Waals surface area contributed by atoms with Crippen molar-refractivity contribution in [3.05, 3.63) is 11.9 Å². The largest absolute Gasteiger partial charge is 0.394 e. The van der Waals surface area contributed by atoms with Gasteiger partial charge in [0.15, 0.2) is 0 Å². The van der Waals surface area contributed by atoms with Crippen LogP contribution in [0.1, 0.15) is 45.2 Å². The van der Waals surface area contributed by atoms with Gasteiger partial charge < -0.3 is 19.6 Å². The molecule has 1 saturated carbocycles. The molecule has 1 aliphatic carbocycles. The van der Waals surface area contributed by atoms with E-state index in [-0.39, 0.29) is 42.4 Å². The zero-order chi connectivity index (χ0) is 21.0. The number of ether oxygens (including phenoxy) is 1. The lowest BCUT2D eigenvalue weighted by Gasteiger charge is -2.35. The molecule has 1 aromatic heterocycles. The summed E-state index contributed by atoms with van der Waals surface area (Å²) in [6, 6.07) is -0.265. The second kappa shape index (κ2) is 9.67. The summed E-state index contributed by atoms with van der Waals surface area (Å²) in [5.74, 6) is 0.307. The van der Waals surface area contributed by atoms with Gasteiger partial charge in [0.25, 0.3) is 0 Å². The van der Waals surface area contributed by atoms with Gasteiger partial charge >= 0.3 is 0 Å². The van der Waals surface area contributed by atoms with Crippen molar-refractivity contribution in [3.63, 3.8) is 0 Å². The first-order chi connectivity index (χ1) is 13.9. The molecule has 1 fully saturated rings. The number of aromatic nitrogens is 3. The summed E-state index contributed by atoms with van der Waals surface area (Å²) >= 11 is 0. The van der Waals surface area contributed by atoms with Gasteiger partial charge in [0, 0.05) is 44.9 Å². The van der Waals surface area contributed by atoms with Crippen LogP contribution < -0.4 is 0 Å². The van der Waals surface area contributed by atoms with Gasteiger partial charge in [0.1, 0.15) is 5.69 Å². The summed E-state index contributed by atoms with van der Waals surface area (Å²) < 4.78 is 7.90. The highest BCUT2D eigenvalue weighted by Gasteiger charge is 2.34. The number of rotatable bonds is 5. The third kappa shape index (κ3) is 5.76. The van der Waals surface area contributed by atoms with Crippen LogP contribution in [-0.4, -0.2) is 80.6 Å². The Morgan fingerprint density at radius 1 is 1.45 bits per heavy atom. The van der Waals surface area contributed by atoms with E-state index in [9.17, 15) is 14.7 Å². The van der Waals surface area contributed by atoms with Crippen molar-refractivity contribution in [2.24, 2.45) is 11.8 Å². The quantitative estimate of drug-likeness (QED) is 0.770. The summed E-state index contributed by atoms with van der Waals surface area (Å²) in [6.45, 7) is 5.64. The number of aliphatic hydroxyl groups is 1. The average Bonchev–Trinajstić information content (AvgIpc) is 3.46. The highest BCUT2D eigenvalue weighted by molar-refractivity contribution is 5.80. The summed E-state index contributed by atoms with van der Waals surface area (Å²) in [6.07, 6.45) is 4.56. The summed E-state index contributed by atoms with van der Waals surface area (Å²) in [5.41, 5.74) is 0.740. The van der Waals surface area contributed by atoms with Gasteiger partial charge in [-0.15, -0.1) is 5.10 Å². The summed E-state index contributed by atoms with van der Waals surface area (Å²) in [7, 11) is 1.81. The Morgan fingerprint density at radius 3 is 2.90 bits per heavy atom. The maximum atomic E-state index is 12.8. The molecule has 9 heteroatoms. The molecule has 3 atom stereocenters. The van der Waals surface area contributed by atoms with Crippen LogP contribution in [0.4, 0.5) is 0 Å². The smallest absolute Gasteiger partial charge is 0.225 e. The van der Waals surface area contributed by atoms with Crippen LogP contribution in [0.15, 0.2) is 6.20 Å². The number of aryl methyl sites for hydroxylation is 1. The van der Waals surface area contributed by atoms with Crippen molar-refractivity contribution in [2.75, 3.05) is 26.7 Å². The Kier molecular flexibility index (Phi) is 7.23. The molecule has 2 amide bonds. The van der Waals surface area contributed by atoms with Crippen molar-refractivity contribution in [1.29, 1.82) is 0 Å². The number of hydrogen-bond acceptors (Lipinski definition) is 6. The highest BCUT2D eigenvalue weighted by atomic mass is 16.5. The molecule has 1 aromatic rings. The van der Waals surface area contributed by atoms with Crippen LogP contribution in [0.5, 0.6) is 0 Å². The van der Waals surface area contributed by atoms with Crippen molar-refractivity contribution in [1.82, 2.24) is 24.8 Å². The monoisotopic (exact) mass is 407 g/mol. The maximum Gasteiger partial charge on any atom is 0.225 e. The number of nitrogens with zero attached hydrogens (tertiary/aromatic N) is 5. The number of aliphatic hydroxyl groups excluding tert-OH is 1. The molecule has 2 bridgehead atoms. The normalized spacial score (nSPS) is 25.0. The lowest BCUT2D eigenvalue weighted by atomic mass is 10.0. The van der Waals surface area contributed by atoms with Crippen LogP contribution >= 0.6 is 0 Å². The van der Waals surface area contributed by atoms with Gasteiger partial charge in [0.2, 0.25) is 11.8 Å². The van der Waals surface area contributed by atoms with E-state index < -0.39 is 0 Å². The second-order valence-electron chi connectivity index (χ2n) is 8.47. The number of fused-ring (bicyclic) bond motifs is 2. The van der Waals surface area contributed by atoms with E-state index in [1.54, 1.807) is 14.5 Å². The zero-order valence-corrected chi connectivity index (χ0v) is 17.7. The molecule has 0 saturated heterocycles. The SMILES string of the molecule is C[C@@H]1CN([C@H](C)CO)C(=O)CCCn2cc(nn2)CO[C@@H]1CN(C)C(=O)C1CC1. The minimum Gasteiger partial charge on any atom is -0.394 e. The minimum atomic E-state index is -0.265. The number of amides is 2. The molecular formula is C20H33N5O4. The fraction of sp³-hybridized carbons (Fsp3) is 0.800. The standard InChI is InChI=1S/C20H33N5O4/c1-14-9-25(15(2)12-26)19(27)5-4-8-24-10-17(21-22-24)13-29-18(14)11-23(3)20(28)16-6-7-16/h10,14-16,18,26H,4-9,11-13H2,1-3H3/t14-,15-,18-/m1/s1. The first-order valence-corrected chi connectivity index (χ1v) is 10.5. The van der Waals surface area contributed by atoms with E-state index in [2.05, 4.69) is 10.3 Å². The van der Waals surface area contributed by atoms with E-state index in [0.717, 1.165) is 18.5 Å². The molecule has 0 aromatic carbocycles. The van der Waals surface area contributed by atoms with Crippen LogP contribution in [0.3, 0.4) is 0 Å². The molecule has 2 heterocycles. The highest BCUT2D eigenvalue weighted by Crippen LogP contribution is 2.31. The van der Waals surface area contributed by atoms with Gasteiger partial charge in [-0.3, -0.25) is 14.3 Å². The number of carbonyl (C=O) groups excluding carboxylic acids is 2. The number of carbonyl (C=O) groups is 2. The molecular weight excluding hydrogens is 374 g/mol. The predicted octanol–water partition coefficient (Wildman–Crippen LogP) is 0.671. The lowest BCUT2D eigenvalue weighted by Crippen LogP contribution is -2.47. The molecule has 1 aliphatic heterocycles. The van der Waals surface area contributed by atoms with E-state index in [0.29, 0.717) is 39.1 Å². The average molecular weight is 408 g/mol. The van der Waals surface area contributed by atoms with Crippen LogP contribution in [0, 0.1) is 11.8 Å². The summed E-state index contributed by atoms with van der Waals surface area (Å²) in [5, 5.41) is 17.9. The third-order valence-electron chi connectivity index (χ3n) is 5.80. The lowest BCUT2D eigenvalue weighted by molar-refractivity contribution is -0.138. The Morgan fingerprint density at radius 2 is 2.21 bits per heavy atom. The van der Waals surface area contributed by atoms with Gasteiger partial charge in [-0.05, 0) is 26.2 Å². The van der Waals surface area contributed by atoms with Gasteiger partial charge in [-0.25, -0.2) is 0 Å². The molecule has 2 aliphatic rings. The molecule has 3 rings (SSSR count). The Hall–Kier alpha value is -2.00. The molecule has 0 unspecified atom stereocenters. The van der Waals surface area contributed by atoms with E-state index >= 15 is 0 Å². The van der Waals surface area contributed by atoms with Crippen molar-refractivity contribution >= 4 is 11.8 Å². The molecule has 0 radical (unpaired) electrons. The first-order valence-electron chi connectivity index (χ1n) is 10.5. The fourth-order valence-electron chi connectivity index (χ4n) is 3.69. The van der Waals surface area contributed by atoms with E-state index in [1.165, 1.54) is 0 Å². The minimum absolute atomic E-state index is 0.0131. The predicted molar refractivity (Wildman–Crippen MR) is 106 cm³/mol. The Bertz CT molecular complexity index is 705. The molecule has 1 N–H and O–H groups in total. The van der Waals surface area contributed by atoms with Crippen LogP contribution in [-0.2, 0) is 27.5 Å². The Labute approximate surface area is 172 Å². The summed E-state index contributed by atoms with van der Waals surface area (Å²) in [4.78, 5) is 28.7. The van der Waals surface area contributed by atoms with Crippen molar-refractivity contribution in [2.45, 2.75) is 64.8 Å². The van der Waals surface area contributed by atoms with Crippen molar-refractivity contribution < 1.29 is 19.4 Å². The van der Waals surface area contributed by atoms with Crippen molar-refractivity contribution in [3.8, 4) is 0 Å². The van der Waals surface area contributed by atoms with E-state index in [1.807, 2.05) is 27.1 Å². The topological polar surface area (TPSA) is 101 Å². The van der Waals surface area contributed by atoms with E-state index in [4.69, 9.17) is 4.74 Å². The Balaban J connectivity index is 1.77. The number of likely N-dealkylation sites (N-methyl/N-ethyl adjacent to an activating group) is 1. The number of hydrogen-bond donors (Lipinski definition) is 1. The zero-order valence-electron chi connectivity index (χ0n) is 17.7. The van der Waals surface area contributed by atoms with Crippen LogP contribution in [0.2, 0.25) is 0 Å². The molecule has 162 valence electrons. The van der Waals surface area contributed by atoms with Gasteiger partial charge in [-0.1, -0.05) is 12.1 Å². The second-order valence-corrected chi connectivity index (χ2v) is 8.47. The maximum absolute atomic E-state index is 12.8. The third-order valence-corrected chi connectivity index (χ3v) is 5.80. The molecule has 9 nitrogen and oxygen atoms in total. The van der Waals surface area contributed by atoms with Gasteiger partial charge in [-0.2, -0.15) is 0 Å².